The first-order valence-electron chi connectivity index (χ1n) is 6.88. The van der Waals surface area contributed by atoms with Crippen LogP contribution in [0.25, 0.3) is 0 Å². The fourth-order valence-electron chi connectivity index (χ4n) is 2.10. The summed E-state index contributed by atoms with van der Waals surface area (Å²) in [6.45, 7) is -0.0844. The summed E-state index contributed by atoms with van der Waals surface area (Å²) in [6.07, 6.45) is 0. The molecular weight excluding hydrogens is 316 g/mol. The number of primary amides is 1. The summed E-state index contributed by atoms with van der Waals surface area (Å²) in [5.74, 6) is 0.393. The summed E-state index contributed by atoms with van der Waals surface area (Å²) in [4.78, 5) is 21.9. The van der Waals surface area contributed by atoms with E-state index in [9.17, 15) is 14.9 Å². The van der Waals surface area contributed by atoms with Gasteiger partial charge < -0.3 is 19.9 Å². The first-order chi connectivity index (χ1) is 11.5. The zero-order valence-electron chi connectivity index (χ0n) is 13.1. The second kappa shape index (κ2) is 7.32. The molecule has 0 fully saturated rings. The quantitative estimate of drug-likeness (QED) is 0.614. The Balaban J connectivity index is 2.30. The maximum absolute atomic E-state index is 11.2. The molecule has 0 aliphatic rings. The maximum Gasteiger partial charge on any atom is 0.280 e. The molecule has 0 saturated carbocycles. The van der Waals surface area contributed by atoms with Gasteiger partial charge in [0.25, 0.3) is 5.69 Å². The third-order valence-corrected chi connectivity index (χ3v) is 3.29. The van der Waals surface area contributed by atoms with Crippen molar-refractivity contribution in [1.29, 1.82) is 0 Å². The van der Waals surface area contributed by atoms with Crippen molar-refractivity contribution in [3.8, 4) is 17.2 Å². The number of hydrogen-bond acceptors (Lipinski definition) is 6. The average Bonchev–Trinajstić information content (AvgIpc) is 2.59. The van der Waals surface area contributed by atoms with E-state index in [0.717, 1.165) is 0 Å². The summed E-state index contributed by atoms with van der Waals surface area (Å²) in [7, 11) is 2.83. The van der Waals surface area contributed by atoms with Crippen LogP contribution in [0.15, 0.2) is 36.4 Å². The number of nitro benzene ring substituents is 1. The van der Waals surface area contributed by atoms with E-state index in [1.165, 1.54) is 32.4 Å². The molecule has 0 spiro atoms. The van der Waals surface area contributed by atoms with Gasteiger partial charge in [-0.15, -0.1) is 0 Å². The molecule has 0 heterocycles. The van der Waals surface area contributed by atoms with Crippen molar-refractivity contribution in [1.82, 2.24) is 0 Å². The Kier molecular flexibility index (Phi) is 5.20. The summed E-state index contributed by atoms with van der Waals surface area (Å²) >= 11 is 0. The van der Waals surface area contributed by atoms with Crippen LogP contribution in [0.5, 0.6) is 17.2 Å². The molecule has 8 heteroatoms. The number of ether oxygens (including phenoxy) is 3. The van der Waals surface area contributed by atoms with E-state index in [2.05, 4.69) is 0 Å². The third kappa shape index (κ3) is 3.72. The Hall–Kier alpha value is -3.29. The van der Waals surface area contributed by atoms with Crippen molar-refractivity contribution in [2.45, 2.75) is 6.61 Å². The molecule has 2 N–H and O–H groups in total. The zero-order valence-corrected chi connectivity index (χ0v) is 13.1. The summed E-state index contributed by atoms with van der Waals surface area (Å²) in [5, 5.41) is 11.2. The lowest BCUT2D eigenvalue weighted by Crippen LogP contribution is -2.10. The molecule has 0 aliphatic carbocycles. The van der Waals surface area contributed by atoms with E-state index in [4.69, 9.17) is 19.9 Å². The lowest BCUT2D eigenvalue weighted by atomic mass is 10.1. The zero-order chi connectivity index (χ0) is 17.7. The van der Waals surface area contributed by atoms with Gasteiger partial charge in [-0.2, -0.15) is 0 Å². The number of carbonyl (C=O) groups is 1. The molecule has 0 radical (unpaired) electrons. The number of amides is 1. The Bertz CT molecular complexity index is 775. The van der Waals surface area contributed by atoms with Gasteiger partial charge in [-0.1, -0.05) is 6.07 Å². The minimum absolute atomic E-state index is 0.0844. The number of rotatable bonds is 7. The number of nitrogens with two attached hydrogens (primary N) is 1. The molecule has 0 saturated heterocycles. The Labute approximate surface area is 137 Å². The summed E-state index contributed by atoms with van der Waals surface area (Å²) in [6, 6.07) is 9.01. The van der Waals surface area contributed by atoms with E-state index in [1.807, 2.05) is 0 Å². The van der Waals surface area contributed by atoms with Gasteiger partial charge in [-0.3, -0.25) is 14.9 Å². The molecule has 2 aromatic rings. The van der Waals surface area contributed by atoms with Crippen LogP contribution in [-0.4, -0.2) is 25.1 Å². The van der Waals surface area contributed by atoms with E-state index < -0.39 is 10.8 Å². The van der Waals surface area contributed by atoms with Crippen LogP contribution in [0.3, 0.4) is 0 Å². The molecule has 0 unspecified atom stereocenters. The number of benzene rings is 2. The third-order valence-electron chi connectivity index (χ3n) is 3.29. The van der Waals surface area contributed by atoms with Crippen molar-refractivity contribution in [3.63, 3.8) is 0 Å². The van der Waals surface area contributed by atoms with Crippen molar-refractivity contribution in [2.24, 2.45) is 5.73 Å². The van der Waals surface area contributed by atoms with E-state index in [1.54, 1.807) is 18.2 Å². The normalized spacial score (nSPS) is 10.1. The second-order valence-electron chi connectivity index (χ2n) is 4.77. The minimum atomic E-state index is -0.586. The van der Waals surface area contributed by atoms with Gasteiger partial charge in [0.15, 0.2) is 11.5 Å². The highest BCUT2D eigenvalue weighted by molar-refractivity contribution is 5.93. The van der Waals surface area contributed by atoms with Gasteiger partial charge in [-0.25, -0.2) is 0 Å². The van der Waals surface area contributed by atoms with Crippen LogP contribution in [0.2, 0.25) is 0 Å². The molecule has 2 aromatic carbocycles. The minimum Gasteiger partial charge on any atom is -0.493 e. The molecule has 8 nitrogen and oxygen atoms in total. The predicted octanol–water partition coefficient (Wildman–Crippen LogP) is 2.29. The fourth-order valence-corrected chi connectivity index (χ4v) is 2.10. The van der Waals surface area contributed by atoms with Gasteiger partial charge in [0, 0.05) is 5.56 Å². The molecular formula is C16H16N2O6. The van der Waals surface area contributed by atoms with Crippen LogP contribution < -0.4 is 19.9 Å². The highest BCUT2D eigenvalue weighted by Crippen LogP contribution is 2.35. The van der Waals surface area contributed by atoms with Crippen molar-refractivity contribution >= 4 is 11.6 Å². The predicted molar refractivity (Wildman–Crippen MR) is 85.5 cm³/mol. The molecule has 0 aliphatic heterocycles. The summed E-state index contributed by atoms with van der Waals surface area (Å²) < 4.78 is 15.8. The Morgan fingerprint density at radius 1 is 1.17 bits per heavy atom. The molecule has 126 valence electrons. The van der Waals surface area contributed by atoms with Gasteiger partial charge in [0.2, 0.25) is 5.91 Å². The number of carbonyl (C=O) groups excluding carboxylic acids is 1. The Morgan fingerprint density at radius 3 is 2.42 bits per heavy atom. The first kappa shape index (κ1) is 17.1. The SMILES string of the molecule is COc1cc(COc2cccc(C(N)=O)c2)c([N+](=O)[O-])cc1OC. The number of methoxy groups -OCH3 is 2. The molecule has 0 aromatic heterocycles. The van der Waals surface area contributed by atoms with Gasteiger partial charge in [-0.05, 0) is 24.3 Å². The highest BCUT2D eigenvalue weighted by atomic mass is 16.6. The van der Waals surface area contributed by atoms with Crippen LogP contribution in [-0.2, 0) is 6.61 Å². The lowest BCUT2D eigenvalue weighted by molar-refractivity contribution is -0.385. The smallest absolute Gasteiger partial charge is 0.280 e. The Morgan fingerprint density at radius 2 is 1.83 bits per heavy atom. The van der Waals surface area contributed by atoms with E-state index in [0.29, 0.717) is 17.1 Å². The van der Waals surface area contributed by atoms with Crippen LogP contribution in [0, 0.1) is 10.1 Å². The van der Waals surface area contributed by atoms with Crippen molar-refractivity contribution in [2.75, 3.05) is 14.2 Å². The average molecular weight is 332 g/mol. The lowest BCUT2D eigenvalue weighted by Gasteiger charge is -2.12. The molecule has 1 amide bonds. The molecule has 0 bridgehead atoms. The van der Waals surface area contributed by atoms with E-state index in [-0.39, 0.29) is 23.6 Å². The monoisotopic (exact) mass is 332 g/mol. The van der Waals surface area contributed by atoms with Crippen molar-refractivity contribution < 1.29 is 23.9 Å². The largest absolute Gasteiger partial charge is 0.493 e. The fraction of sp³-hybridized carbons (Fsp3) is 0.188. The number of nitro groups is 1. The molecule has 24 heavy (non-hydrogen) atoms. The first-order valence-corrected chi connectivity index (χ1v) is 6.88. The summed E-state index contributed by atoms with van der Waals surface area (Å²) in [5.41, 5.74) is 5.65. The highest BCUT2D eigenvalue weighted by Gasteiger charge is 2.20. The van der Waals surface area contributed by atoms with E-state index >= 15 is 0 Å². The van der Waals surface area contributed by atoms with Crippen LogP contribution >= 0.6 is 0 Å². The van der Waals surface area contributed by atoms with Crippen LogP contribution in [0.4, 0.5) is 5.69 Å². The molecule has 2 rings (SSSR count). The maximum atomic E-state index is 11.2. The van der Waals surface area contributed by atoms with Gasteiger partial charge >= 0.3 is 0 Å². The van der Waals surface area contributed by atoms with Crippen molar-refractivity contribution in [3.05, 3.63) is 57.6 Å². The number of nitrogens with zero attached hydrogens (tertiary/aromatic N) is 1. The number of hydrogen-bond donors (Lipinski definition) is 1. The van der Waals surface area contributed by atoms with Gasteiger partial charge in [0.1, 0.15) is 12.4 Å². The molecule has 0 atom stereocenters. The topological polar surface area (TPSA) is 114 Å². The second-order valence-corrected chi connectivity index (χ2v) is 4.77. The van der Waals surface area contributed by atoms with Gasteiger partial charge in [0.05, 0.1) is 30.8 Å². The van der Waals surface area contributed by atoms with Crippen LogP contribution in [0.1, 0.15) is 15.9 Å². The standard InChI is InChI=1S/C16H16N2O6/c1-22-14-7-11(13(18(20)21)8-15(14)23-2)9-24-12-5-3-4-10(6-12)16(17)19/h3-8H,9H2,1-2H3,(H2,17,19).